The monoisotopic (exact) mass is 160 g/mol. The summed E-state index contributed by atoms with van der Waals surface area (Å²) in [5.74, 6) is 0. The highest BCUT2D eigenvalue weighted by atomic mass is 33.3. The van der Waals surface area contributed by atoms with Crippen LogP contribution in [-0.2, 0) is 23.9 Å². The van der Waals surface area contributed by atoms with E-state index in [2.05, 4.69) is 24.6 Å². The van der Waals surface area contributed by atoms with E-state index in [1.165, 1.54) is 10.8 Å². The molecule has 1 nitrogen and oxygen atoms in total. The summed E-state index contributed by atoms with van der Waals surface area (Å²) in [5.41, 5.74) is 0. The van der Waals surface area contributed by atoms with Crippen molar-refractivity contribution in [2.75, 3.05) is 6.26 Å². The fourth-order valence-electron chi connectivity index (χ4n) is 0.0393. The van der Waals surface area contributed by atoms with Crippen molar-refractivity contribution in [1.29, 1.82) is 0 Å². The van der Waals surface area contributed by atoms with E-state index < -0.39 is 0 Å². The first-order chi connectivity index (χ1) is 2.81. The van der Waals surface area contributed by atoms with Crippen molar-refractivity contribution in [3.05, 3.63) is 0 Å². The van der Waals surface area contributed by atoms with Gasteiger partial charge in [0.15, 0.2) is 0 Å². The second-order valence-electron chi connectivity index (χ2n) is 0.467. The minimum atomic E-state index is -0.321. The summed E-state index contributed by atoms with van der Waals surface area (Å²) in [5, 5.41) is 0. The zero-order valence-electron chi connectivity index (χ0n) is 3.21. The maximum absolute atomic E-state index is 4.69. The van der Waals surface area contributed by atoms with Crippen LogP contribution in [0.5, 0.6) is 0 Å². The molecule has 0 N–H and O–H groups in total. The molecule has 2 unspecified atom stereocenters. The fraction of sp³-hybridized carbons (Fsp3) is 1.00. The molecule has 38 valence electrons. The maximum atomic E-state index is 4.69. The molecule has 0 amide bonds. The Morgan fingerprint density at radius 3 is 2.50 bits per heavy atom. The van der Waals surface area contributed by atoms with Crippen LogP contribution >= 0.6 is 20.3 Å². The summed E-state index contributed by atoms with van der Waals surface area (Å²) in [6, 6.07) is 0. The van der Waals surface area contributed by atoms with E-state index in [0.717, 1.165) is 0 Å². The average Bonchev–Trinajstić information content (AvgIpc) is 1.65. The van der Waals surface area contributed by atoms with Crippen LogP contribution < -0.4 is 0 Å². The Bertz CT molecular complexity index is 48.8. The van der Waals surface area contributed by atoms with Gasteiger partial charge in [-0.05, 0) is 17.4 Å². The van der Waals surface area contributed by atoms with Crippen molar-refractivity contribution in [2.24, 2.45) is 0 Å². The Morgan fingerprint density at radius 2 is 2.50 bits per heavy atom. The molecule has 0 aliphatic rings. The Morgan fingerprint density at radius 1 is 2.00 bits per heavy atom. The van der Waals surface area contributed by atoms with Gasteiger partial charge in [-0.25, -0.2) is 0 Å². The number of hydrogen-bond donors (Lipinski definition) is 0. The van der Waals surface area contributed by atoms with Gasteiger partial charge in [0, 0.05) is 9.47 Å². The summed E-state index contributed by atoms with van der Waals surface area (Å²) >= 11 is 4.69. The third-order valence-corrected chi connectivity index (χ3v) is 4.57. The smallest absolute Gasteiger partial charge is 0.0708 e. The number of hydrogen-bond acceptors (Lipinski definition) is 3. The molecular formula is CH5OPS3. The summed E-state index contributed by atoms with van der Waals surface area (Å²) < 4.78 is 4.62. The first-order valence-electron chi connectivity index (χ1n) is 1.14. The van der Waals surface area contributed by atoms with E-state index >= 15 is 0 Å². The maximum Gasteiger partial charge on any atom is 0.0708 e. The van der Waals surface area contributed by atoms with Crippen molar-refractivity contribution in [2.45, 2.75) is 0 Å². The molecule has 0 saturated heterocycles. The van der Waals surface area contributed by atoms with Gasteiger partial charge in [0.05, 0.1) is 8.77 Å². The number of rotatable bonds is 2. The second kappa shape index (κ2) is 4.47. The predicted molar refractivity (Wildman–Crippen MR) is 39.0 cm³/mol. The first-order valence-corrected chi connectivity index (χ1v) is 5.43. The molecule has 0 saturated carbocycles. The lowest BCUT2D eigenvalue weighted by molar-refractivity contribution is 0.766. The van der Waals surface area contributed by atoms with Crippen LogP contribution in [0.1, 0.15) is 0 Å². The molecule has 0 aromatic heterocycles. The third kappa shape index (κ3) is 3.50. The predicted octanol–water partition coefficient (Wildman–Crippen LogP) is 1.07. The molecule has 0 heterocycles. The van der Waals surface area contributed by atoms with Crippen LogP contribution in [0.4, 0.5) is 0 Å². The molecule has 0 spiro atoms. The Hall–Kier alpha value is 1.31. The molecule has 0 aliphatic heterocycles. The molecule has 2 atom stereocenters. The first kappa shape index (κ1) is 7.31. The van der Waals surface area contributed by atoms with Gasteiger partial charge in [-0.2, -0.15) is 0 Å². The van der Waals surface area contributed by atoms with Gasteiger partial charge in [-0.1, -0.05) is 10.8 Å². The van der Waals surface area contributed by atoms with Crippen molar-refractivity contribution in [1.82, 2.24) is 0 Å². The summed E-state index contributed by atoms with van der Waals surface area (Å²) in [4.78, 5) is 0. The molecule has 0 radical (unpaired) electrons. The van der Waals surface area contributed by atoms with E-state index in [1.807, 2.05) is 6.26 Å². The molecular weight excluding hydrogens is 155 g/mol. The lowest BCUT2D eigenvalue weighted by Gasteiger charge is -1.89. The molecule has 0 rings (SSSR count). The second-order valence-corrected chi connectivity index (χ2v) is 5.43. The highest BCUT2D eigenvalue weighted by molar-refractivity contribution is 8.81. The van der Waals surface area contributed by atoms with Crippen LogP contribution in [0.15, 0.2) is 0 Å². The Balaban J connectivity index is 2.99. The molecule has 0 bridgehead atoms. The molecule has 6 heavy (non-hydrogen) atoms. The van der Waals surface area contributed by atoms with Gasteiger partial charge in [0.1, 0.15) is 0 Å². The van der Waals surface area contributed by atoms with Crippen LogP contribution in [0.2, 0.25) is 0 Å². The van der Waals surface area contributed by atoms with Gasteiger partial charge in [0.2, 0.25) is 0 Å². The zero-order chi connectivity index (χ0) is 4.99. The standard InChI is InChI=1S/CH5OPS3/c1-5-6(4)2-3/h3H2,1H3. The van der Waals surface area contributed by atoms with Crippen molar-refractivity contribution in [3.8, 4) is 0 Å². The van der Waals surface area contributed by atoms with Crippen molar-refractivity contribution >= 4 is 40.2 Å². The van der Waals surface area contributed by atoms with E-state index in [4.69, 9.17) is 0 Å². The lowest BCUT2D eigenvalue weighted by Crippen LogP contribution is -1.70. The van der Waals surface area contributed by atoms with E-state index in [-0.39, 0.29) is 8.77 Å². The quantitative estimate of drug-likeness (QED) is 0.441. The van der Waals surface area contributed by atoms with Crippen LogP contribution in [0, 0.1) is 0 Å². The highest BCUT2D eigenvalue weighted by Gasteiger charge is 1.79. The molecule has 0 aliphatic carbocycles. The largest absolute Gasteiger partial charge is 0.287 e. The van der Waals surface area contributed by atoms with E-state index in [1.54, 1.807) is 0 Å². The van der Waals surface area contributed by atoms with Crippen LogP contribution in [-0.4, -0.2) is 6.26 Å². The normalized spacial score (nSPS) is 14.3. The van der Waals surface area contributed by atoms with Gasteiger partial charge >= 0.3 is 0 Å². The van der Waals surface area contributed by atoms with Crippen molar-refractivity contribution in [3.63, 3.8) is 0 Å². The Kier molecular flexibility index (Phi) is 5.44. The van der Waals surface area contributed by atoms with Crippen LogP contribution in [0.3, 0.4) is 0 Å². The van der Waals surface area contributed by atoms with Gasteiger partial charge in [-0.3, -0.25) is 3.97 Å². The molecule has 5 heteroatoms. The van der Waals surface area contributed by atoms with Gasteiger partial charge < -0.3 is 0 Å². The summed E-state index contributed by atoms with van der Waals surface area (Å²) in [6.07, 6.45) is 1.92. The van der Waals surface area contributed by atoms with Gasteiger partial charge in [-0.15, -0.1) is 0 Å². The SMILES string of the molecule is CSS(=S)OP. The van der Waals surface area contributed by atoms with E-state index in [9.17, 15) is 0 Å². The average molecular weight is 160 g/mol. The fourth-order valence-corrected chi connectivity index (χ4v) is 1.06. The molecule has 0 fully saturated rings. The highest BCUT2D eigenvalue weighted by Crippen LogP contribution is 2.06. The van der Waals surface area contributed by atoms with Gasteiger partial charge in [0.25, 0.3) is 0 Å². The minimum Gasteiger partial charge on any atom is -0.287 e. The summed E-state index contributed by atoms with van der Waals surface area (Å²) in [6.45, 7) is 0. The lowest BCUT2D eigenvalue weighted by atomic mass is 12.0. The third-order valence-electron chi connectivity index (χ3n) is 0.215. The molecule has 0 aromatic rings. The van der Waals surface area contributed by atoms with Crippen molar-refractivity contribution < 1.29 is 3.97 Å². The van der Waals surface area contributed by atoms with E-state index in [0.29, 0.717) is 0 Å². The summed E-state index contributed by atoms with van der Waals surface area (Å²) in [7, 11) is 3.33. The topological polar surface area (TPSA) is 9.23 Å². The zero-order valence-corrected chi connectivity index (χ0v) is 6.81. The minimum absolute atomic E-state index is 0.321. The Labute approximate surface area is 50.7 Å². The van der Waals surface area contributed by atoms with Crippen LogP contribution in [0.25, 0.3) is 0 Å². The molecule has 0 aromatic carbocycles.